The Kier molecular flexibility index (Phi) is 3.19. The molecule has 1 unspecified atom stereocenters. The van der Waals surface area contributed by atoms with E-state index >= 15 is 0 Å². The fourth-order valence-corrected chi connectivity index (χ4v) is 2.79. The van der Waals surface area contributed by atoms with Crippen LogP contribution in [-0.2, 0) is 0 Å². The Morgan fingerprint density at radius 3 is 2.32 bits per heavy atom. The first kappa shape index (κ1) is 12.5. The maximum Gasteiger partial charge on any atom is 0.107 e. The summed E-state index contributed by atoms with van der Waals surface area (Å²) in [5.74, 6) is 2.38. The quantitative estimate of drug-likeness (QED) is 0.890. The molecule has 1 N–H and O–H groups in total. The van der Waals surface area contributed by atoms with Gasteiger partial charge in [-0.1, -0.05) is 30.7 Å². The van der Waals surface area contributed by atoms with Crippen LogP contribution in [0.15, 0.2) is 34.7 Å². The van der Waals surface area contributed by atoms with Crippen LogP contribution in [-0.4, -0.2) is 5.11 Å². The molecule has 2 aromatic rings. The van der Waals surface area contributed by atoms with Crippen LogP contribution in [0, 0.1) is 13.8 Å². The van der Waals surface area contributed by atoms with Crippen LogP contribution in [0.3, 0.4) is 0 Å². The van der Waals surface area contributed by atoms with Crippen molar-refractivity contribution in [3.05, 3.63) is 58.5 Å². The highest BCUT2D eigenvalue weighted by atomic mass is 16.3. The number of hydrogen-bond acceptors (Lipinski definition) is 2. The number of furan rings is 1. The number of benzene rings is 1. The predicted molar refractivity (Wildman–Crippen MR) is 75.3 cm³/mol. The molecule has 1 fully saturated rings. The van der Waals surface area contributed by atoms with Gasteiger partial charge in [0.15, 0.2) is 0 Å². The van der Waals surface area contributed by atoms with Gasteiger partial charge in [0.1, 0.15) is 17.6 Å². The van der Waals surface area contributed by atoms with Gasteiger partial charge in [0.2, 0.25) is 0 Å². The van der Waals surface area contributed by atoms with Crippen LogP contribution < -0.4 is 0 Å². The van der Waals surface area contributed by atoms with Crippen molar-refractivity contribution in [2.75, 3.05) is 0 Å². The molecule has 0 saturated heterocycles. The molecule has 1 atom stereocenters. The zero-order chi connectivity index (χ0) is 13.4. The lowest BCUT2D eigenvalue weighted by atomic mass is 9.80. The van der Waals surface area contributed by atoms with Crippen LogP contribution in [0.2, 0.25) is 0 Å². The van der Waals surface area contributed by atoms with E-state index in [0.29, 0.717) is 0 Å². The second-order valence-electron chi connectivity index (χ2n) is 5.57. The maximum absolute atomic E-state index is 10.4. The van der Waals surface area contributed by atoms with E-state index in [-0.39, 0.29) is 0 Å². The Balaban J connectivity index is 1.83. The molecule has 0 amide bonds. The molecule has 0 aliphatic heterocycles. The van der Waals surface area contributed by atoms with Crippen molar-refractivity contribution >= 4 is 0 Å². The number of aliphatic hydroxyl groups excluding tert-OH is 1. The third-order valence-corrected chi connectivity index (χ3v) is 4.20. The Bertz CT molecular complexity index is 561. The summed E-state index contributed by atoms with van der Waals surface area (Å²) in [6.45, 7) is 3.80. The molecule has 1 aliphatic rings. The Morgan fingerprint density at radius 1 is 1.16 bits per heavy atom. The molecule has 0 bridgehead atoms. The topological polar surface area (TPSA) is 33.4 Å². The first-order valence-corrected chi connectivity index (χ1v) is 7.00. The van der Waals surface area contributed by atoms with Crippen molar-refractivity contribution < 1.29 is 9.52 Å². The summed E-state index contributed by atoms with van der Waals surface area (Å²) >= 11 is 0. The van der Waals surface area contributed by atoms with Gasteiger partial charge < -0.3 is 9.52 Å². The first-order valence-electron chi connectivity index (χ1n) is 7.00. The van der Waals surface area contributed by atoms with E-state index in [4.69, 9.17) is 4.42 Å². The fourth-order valence-electron chi connectivity index (χ4n) is 2.79. The molecule has 1 aromatic carbocycles. The number of hydrogen-bond donors (Lipinski definition) is 1. The lowest BCUT2D eigenvalue weighted by molar-refractivity contribution is 0.218. The molecular weight excluding hydrogens is 236 g/mol. The summed E-state index contributed by atoms with van der Waals surface area (Å²) in [5, 5.41) is 10.4. The minimum Gasteiger partial charge on any atom is -0.466 e. The van der Waals surface area contributed by atoms with Gasteiger partial charge in [-0.15, -0.1) is 0 Å². The van der Waals surface area contributed by atoms with E-state index < -0.39 is 6.10 Å². The molecular formula is C17H20O2. The Hall–Kier alpha value is -1.54. The van der Waals surface area contributed by atoms with Crippen LogP contribution in [0.5, 0.6) is 0 Å². The van der Waals surface area contributed by atoms with Gasteiger partial charge in [0.05, 0.1) is 0 Å². The van der Waals surface area contributed by atoms with Crippen molar-refractivity contribution in [1.29, 1.82) is 0 Å². The summed E-state index contributed by atoms with van der Waals surface area (Å²) < 4.78 is 5.49. The predicted octanol–water partition coefficient (Wildman–Crippen LogP) is 4.25. The molecule has 0 radical (unpaired) electrons. The van der Waals surface area contributed by atoms with Crippen LogP contribution >= 0.6 is 0 Å². The minimum atomic E-state index is -0.590. The van der Waals surface area contributed by atoms with Gasteiger partial charge in [-0.05, 0) is 49.8 Å². The Labute approximate surface area is 114 Å². The second kappa shape index (κ2) is 4.86. The van der Waals surface area contributed by atoms with E-state index in [2.05, 4.69) is 12.1 Å². The molecule has 19 heavy (non-hydrogen) atoms. The largest absolute Gasteiger partial charge is 0.466 e. The summed E-state index contributed by atoms with van der Waals surface area (Å²) in [5.41, 5.74) is 3.21. The van der Waals surface area contributed by atoms with Gasteiger partial charge in [0, 0.05) is 5.56 Å². The van der Waals surface area contributed by atoms with E-state index in [0.717, 1.165) is 28.6 Å². The number of aliphatic hydroxyl groups is 1. The first-order chi connectivity index (χ1) is 9.15. The van der Waals surface area contributed by atoms with Crippen molar-refractivity contribution in [2.24, 2.45) is 0 Å². The molecule has 1 aliphatic carbocycles. The van der Waals surface area contributed by atoms with E-state index in [1.165, 1.54) is 24.8 Å². The third kappa shape index (κ3) is 2.33. The van der Waals surface area contributed by atoms with Gasteiger partial charge in [0.25, 0.3) is 0 Å². The average Bonchev–Trinajstić information content (AvgIpc) is 2.66. The SMILES string of the molecule is Cc1cc(C(O)c2ccc(C3CCC3)cc2)c(C)o1. The van der Waals surface area contributed by atoms with Crippen molar-refractivity contribution in [3.63, 3.8) is 0 Å². The van der Waals surface area contributed by atoms with Gasteiger partial charge in [-0.2, -0.15) is 0 Å². The monoisotopic (exact) mass is 256 g/mol. The van der Waals surface area contributed by atoms with Gasteiger partial charge >= 0.3 is 0 Å². The third-order valence-electron chi connectivity index (χ3n) is 4.20. The van der Waals surface area contributed by atoms with Gasteiger partial charge in [-0.25, -0.2) is 0 Å². The molecule has 2 nitrogen and oxygen atoms in total. The molecule has 0 spiro atoms. The van der Waals surface area contributed by atoms with Crippen molar-refractivity contribution in [2.45, 2.75) is 45.1 Å². The minimum absolute atomic E-state index is 0.590. The van der Waals surface area contributed by atoms with Crippen LogP contribution in [0.25, 0.3) is 0 Å². The fraction of sp³-hybridized carbons (Fsp3) is 0.412. The Morgan fingerprint density at radius 2 is 1.84 bits per heavy atom. The summed E-state index contributed by atoms with van der Waals surface area (Å²) in [6, 6.07) is 10.3. The molecule has 3 rings (SSSR count). The standard InChI is InChI=1S/C17H20O2/c1-11-10-16(12(2)19-11)17(18)15-8-6-14(7-9-15)13-4-3-5-13/h6-10,13,17-18H,3-5H2,1-2H3. The smallest absolute Gasteiger partial charge is 0.107 e. The lowest BCUT2D eigenvalue weighted by Gasteiger charge is -2.26. The van der Waals surface area contributed by atoms with E-state index in [1.807, 2.05) is 32.0 Å². The molecule has 1 saturated carbocycles. The van der Waals surface area contributed by atoms with Crippen molar-refractivity contribution in [3.8, 4) is 0 Å². The highest BCUT2D eigenvalue weighted by Gasteiger charge is 2.20. The average molecular weight is 256 g/mol. The number of rotatable bonds is 3. The molecule has 100 valence electrons. The van der Waals surface area contributed by atoms with E-state index in [1.54, 1.807) is 0 Å². The zero-order valence-electron chi connectivity index (χ0n) is 11.5. The van der Waals surface area contributed by atoms with Gasteiger partial charge in [-0.3, -0.25) is 0 Å². The highest BCUT2D eigenvalue weighted by Crippen LogP contribution is 2.37. The normalized spacial score (nSPS) is 17.2. The summed E-state index contributed by atoms with van der Waals surface area (Å²) in [4.78, 5) is 0. The van der Waals surface area contributed by atoms with E-state index in [9.17, 15) is 5.11 Å². The summed E-state index contributed by atoms with van der Waals surface area (Å²) in [6.07, 6.45) is 3.37. The van der Waals surface area contributed by atoms with Crippen LogP contribution in [0.1, 0.15) is 59.5 Å². The highest BCUT2D eigenvalue weighted by molar-refractivity contribution is 5.35. The maximum atomic E-state index is 10.4. The van der Waals surface area contributed by atoms with Crippen LogP contribution in [0.4, 0.5) is 0 Å². The lowest BCUT2D eigenvalue weighted by Crippen LogP contribution is -2.09. The molecule has 2 heteroatoms. The molecule has 1 aromatic heterocycles. The summed E-state index contributed by atoms with van der Waals surface area (Å²) in [7, 11) is 0. The number of aryl methyl sites for hydroxylation is 2. The zero-order valence-corrected chi connectivity index (χ0v) is 11.5. The molecule has 1 heterocycles. The van der Waals surface area contributed by atoms with Crippen molar-refractivity contribution in [1.82, 2.24) is 0 Å². The second-order valence-corrected chi connectivity index (χ2v) is 5.57.